The van der Waals surface area contributed by atoms with Crippen molar-refractivity contribution in [2.45, 2.75) is 19.9 Å². The van der Waals surface area contributed by atoms with Gasteiger partial charge in [0.05, 0.1) is 30.6 Å². The lowest BCUT2D eigenvalue weighted by Gasteiger charge is -2.13. The van der Waals surface area contributed by atoms with E-state index in [2.05, 4.69) is 10.4 Å². The van der Waals surface area contributed by atoms with Crippen LogP contribution in [0.5, 0.6) is 11.6 Å². The number of halogens is 1. The molecule has 0 unspecified atom stereocenters. The van der Waals surface area contributed by atoms with Gasteiger partial charge in [0, 0.05) is 6.42 Å². The molecular weight excluding hydrogens is 487 g/mol. The van der Waals surface area contributed by atoms with Crippen LogP contribution in [-0.2, 0) is 17.8 Å². The number of methoxy groups -OCH3 is 1. The van der Waals surface area contributed by atoms with Crippen molar-refractivity contribution in [2.75, 3.05) is 7.11 Å². The molecule has 1 aliphatic rings. The van der Waals surface area contributed by atoms with Gasteiger partial charge >= 0.3 is 6.03 Å². The van der Waals surface area contributed by atoms with Crippen LogP contribution in [0.4, 0.5) is 9.18 Å². The molecule has 1 aromatic heterocycles. The van der Waals surface area contributed by atoms with Crippen molar-refractivity contribution in [3.63, 3.8) is 0 Å². The van der Waals surface area contributed by atoms with Gasteiger partial charge in [0.15, 0.2) is 0 Å². The van der Waals surface area contributed by atoms with Crippen LogP contribution < -0.4 is 10.1 Å². The Balaban J connectivity index is 1.53. The van der Waals surface area contributed by atoms with Gasteiger partial charge in [0.25, 0.3) is 5.91 Å². The molecule has 38 heavy (non-hydrogen) atoms. The normalized spacial score (nSPS) is 14.3. The summed E-state index contributed by atoms with van der Waals surface area (Å²) in [5.41, 5.74) is 3.87. The third-order valence-electron chi connectivity index (χ3n) is 6.42. The van der Waals surface area contributed by atoms with Crippen LogP contribution in [0.15, 0.2) is 78.5 Å². The minimum Gasteiger partial charge on any atom is -0.497 e. The molecule has 0 aliphatic carbocycles. The van der Waals surface area contributed by atoms with E-state index in [0.29, 0.717) is 17.1 Å². The average Bonchev–Trinajstić information content (AvgIpc) is 3.37. The topological polar surface area (TPSA) is 96.7 Å². The predicted molar refractivity (Wildman–Crippen MR) is 139 cm³/mol. The first-order valence-corrected chi connectivity index (χ1v) is 11.9. The van der Waals surface area contributed by atoms with E-state index in [1.54, 1.807) is 43.5 Å². The Morgan fingerprint density at radius 1 is 1.03 bits per heavy atom. The summed E-state index contributed by atoms with van der Waals surface area (Å²) in [7, 11) is 1.56. The number of carbonyl (C=O) groups is 2. The minimum absolute atomic E-state index is 0.0218. The van der Waals surface area contributed by atoms with Gasteiger partial charge in [0.1, 0.15) is 17.3 Å². The SMILES string of the molecule is COc1ccc(-n2nc(Cc3ccc(F)cc3)c(/C=C3\NC(=O)N(Cc4ccccc4C)C3=O)c2O)cc1. The molecule has 2 N–H and O–H groups in total. The maximum Gasteiger partial charge on any atom is 0.329 e. The second-order valence-corrected chi connectivity index (χ2v) is 8.90. The summed E-state index contributed by atoms with van der Waals surface area (Å²) in [6.45, 7) is 2.03. The number of aromatic hydroxyl groups is 1. The molecule has 3 amide bonds. The highest BCUT2D eigenvalue weighted by atomic mass is 19.1. The number of amides is 3. The molecule has 0 radical (unpaired) electrons. The van der Waals surface area contributed by atoms with Crippen molar-refractivity contribution in [2.24, 2.45) is 0 Å². The van der Waals surface area contributed by atoms with Gasteiger partial charge in [-0.25, -0.2) is 13.9 Å². The number of rotatable bonds is 7. The van der Waals surface area contributed by atoms with Gasteiger partial charge in [-0.15, -0.1) is 0 Å². The average molecular weight is 513 g/mol. The van der Waals surface area contributed by atoms with Crippen LogP contribution in [-0.4, -0.2) is 38.8 Å². The van der Waals surface area contributed by atoms with Crippen molar-refractivity contribution in [3.05, 3.63) is 112 Å². The molecule has 4 aromatic rings. The summed E-state index contributed by atoms with van der Waals surface area (Å²) in [5, 5.41) is 18.4. The molecule has 2 heterocycles. The zero-order valence-electron chi connectivity index (χ0n) is 20.8. The number of nitrogens with one attached hydrogen (secondary N) is 1. The number of carbonyl (C=O) groups excluding carboxylic acids is 2. The zero-order chi connectivity index (χ0) is 26.8. The first-order valence-electron chi connectivity index (χ1n) is 11.9. The molecule has 3 aromatic carbocycles. The smallest absolute Gasteiger partial charge is 0.329 e. The second-order valence-electron chi connectivity index (χ2n) is 8.90. The Morgan fingerprint density at radius 2 is 1.74 bits per heavy atom. The molecule has 0 bridgehead atoms. The van der Waals surface area contributed by atoms with E-state index in [9.17, 15) is 19.1 Å². The van der Waals surface area contributed by atoms with Gasteiger partial charge < -0.3 is 15.2 Å². The maximum atomic E-state index is 13.5. The fourth-order valence-corrected chi connectivity index (χ4v) is 4.26. The molecule has 9 heteroatoms. The number of ether oxygens (including phenoxy) is 1. The molecule has 5 rings (SSSR count). The van der Waals surface area contributed by atoms with Crippen LogP contribution in [0.2, 0.25) is 0 Å². The lowest BCUT2D eigenvalue weighted by atomic mass is 10.1. The third-order valence-corrected chi connectivity index (χ3v) is 6.42. The quantitative estimate of drug-likeness (QED) is 0.276. The number of imide groups is 1. The first-order chi connectivity index (χ1) is 18.3. The van der Waals surface area contributed by atoms with Gasteiger partial charge in [-0.1, -0.05) is 36.4 Å². The molecule has 1 fully saturated rings. The summed E-state index contributed by atoms with van der Waals surface area (Å²) in [6.07, 6.45) is 1.68. The van der Waals surface area contributed by atoms with Gasteiger partial charge in [-0.3, -0.25) is 9.69 Å². The Kier molecular flexibility index (Phi) is 6.66. The highest BCUT2D eigenvalue weighted by Gasteiger charge is 2.34. The largest absolute Gasteiger partial charge is 0.497 e. The molecular formula is C29H25FN4O4. The van der Waals surface area contributed by atoms with E-state index in [-0.39, 0.29) is 35.9 Å². The Labute approximate surface area is 218 Å². The molecule has 0 atom stereocenters. The van der Waals surface area contributed by atoms with E-state index in [1.165, 1.54) is 22.9 Å². The monoisotopic (exact) mass is 512 g/mol. The van der Waals surface area contributed by atoms with Crippen molar-refractivity contribution < 1.29 is 23.8 Å². The predicted octanol–water partition coefficient (Wildman–Crippen LogP) is 4.72. The van der Waals surface area contributed by atoms with Crippen LogP contribution >= 0.6 is 0 Å². The minimum atomic E-state index is -0.549. The highest BCUT2D eigenvalue weighted by molar-refractivity contribution is 6.14. The second kappa shape index (κ2) is 10.2. The van der Waals surface area contributed by atoms with Gasteiger partial charge in [-0.05, 0) is 66.1 Å². The number of benzene rings is 3. The number of hydrogen-bond donors (Lipinski definition) is 2. The van der Waals surface area contributed by atoms with Gasteiger partial charge in [0.2, 0.25) is 5.88 Å². The number of urea groups is 1. The van der Waals surface area contributed by atoms with Crippen LogP contribution in [0, 0.1) is 12.7 Å². The molecule has 1 aliphatic heterocycles. The molecule has 0 saturated carbocycles. The number of nitrogens with zero attached hydrogens (tertiary/aromatic N) is 3. The van der Waals surface area contributed by atoms with E-state index >= 15 is 0 Å². The number of hydrogen-bond acceptors (Lipinski definition) is 5. The Hall–Kier alpha value is -4.92. The van der Waals surface area contributed by atoms with E-state index in [4.69, 9.17) is 4.74 Å². The molecule has 1 saturated heterocycles. The highest BCUT2D eigenvalue weighted by Crippen LogP contribution is 2.30. The Morgan fingerprint density at radius 3 is 2.42 bits per heavy atom. The van der Waals surface area contributed by atoms with E-state index in [0.717, 1.165) is 21.6 Å². The lowest BCUT2D eigenvalue weighted by Crippen LogP contribution is -2.30. The van der Waals surface area contributed by atoms with Crippen molar-refractivity contribution in [1.82, 2.24) is 20.0 Å². The standard InChI is InChI=1S/C29H25FN4O4/c1-18-5-3-4-6-20(18)17-33-28(36)26(31-29(33)37)16-24-25(15-19-7-9-21(30)10-8-19)32-34(27(24)35)22-11-13-23(38-2)14-12-22/h3-14,16,35H,15,17H2,1-2H3,(H,31,37)/b26-16-. The van der Waals surface area contributed by atoms with Crippen molar-refractivity contribution in [1.29, 1.82) is 0 Å². The molecule has 0 spiro atoms. The van der Waals surface area contributed by atoms with E-state index in [1.807, 2.05) is 31.2 Å². The Bertz CT molecular complexity index is 1540. The summed E-state index contributed by atoms with van der Waals surface area (Å²) in [4.78, 5) is 27.0. The van der Waals surface area contributed by atoms with Crippen LogP contribution in [0.3, 0.4) is 0 Å². The van der Waals surface area contributed by atoms with Crippen molar-refractivity contribution in [3.8, 4) is 17.3 Å². The lowest BCUT2D eigenvalue weighted by molar-refractivity contribution is -0.123. The molecule has 192 valence electrons. The number of aryl methyl sites for hydroxylation is 1. The van der Waals surface area contributed by atoms with Crippen LogP contribution in [0.25, 0.3) is 11.8 Å². The summed E-state index contributed by atoms with van der Waals surface area (Å²) in [5.74, 6) is -0.445. The molecule has 8 nitrogen and oxygen atoms in total. The third kappa shape index (κ3) is 4.86. The summed E-state index contributed by atoms with van der Waals surface area (Å²) >= 11 is 0. The fraction of sp³-hybridized carbons (Fsp3) is 0.138. The van der Waals surface area contributed by atoms with Gasteiger partial charge in [-0.2, -0.15) is 5.10 Å². The van der Waals surface area contributed by atoms with E-state index < -0.39 is 11.9 Å². The summed E-state index contributed by atoms with van der Waals surface area (Å²) < 4.78 is 20.0. The van der Waals surface area contributed by atoms with Crippen LogP contribution in [0.1, 0.15) is 27.9 Å². The zero-order valence-corrected chi connectivity index (χ0v) is 20.8. The number of aromatic nitrogens is 2. The summed E-state index contributed by atoms with van der Waals surface area (Å²) in [6, 6.07) is 19.9. The first kappa shape index (κ1) is 24.8. The van der Waals surface area contributed by atoms with Crippen molar-refractivity contribution >= 4 is 18.0 Å². The maximum absolute atomic E-state index is 13.5. The fourth-order valence-electron chi connectivity index (χ4n) is 4.26.